The molecule has 0 saturated carbocycles. The number of halogens is 1. The molecule has 0 radical (unpaired) electrons. The maximum Gasteiger partial charge on any atom is 0.251 e. The molecule has 0 aromatic heterocycles. The molecule has 0 bridgehead atoms. The molecular weight excluding hydrogens is 411 g/mol. The van der Waals surface area contributed by atoms with Crippen LogP contribution in [0.1, 0.15) is 37.9 Å². The predicted octanol–water partition coefficient (Wildman–Crippen LogP) is 2.60. The molecule has 0 fully saturated rings. The van der Waals surface area contributed by atoms with E-state index in [0.29, 0.717) is 5.56 Å². The molecule has 3 unspecified atom stereocenters. The molecule has 3 amide bonds. The molecule has 2 aromatic carbocycles. The first kappa shape index (κ1) is 23.4. The van der Waals surface area contributed by atoms with Gasteiger partial charge in [-0.05, 0) is 43.1 Å². The van der Waals surface area contributed by atoms with Crippen LogP contribution in [0.4, 0.5) is 10.1 Å². The van der Waals surface area contributed by atoms with Gasteiger partial charge in [-0.3, -0.25) is 14.4 Å². The SMILES string of the molecule is CNC(C)C(=O)NC(C(=O)N1Cc2ccccc2C1C(=O)Nc1ccccc1F)C(C)C. The summed E-state index contributed by atoms with van der Waals surface area (Å²) in [5, 5.41) is 8.27. The van der Waals surface area contributed by atoms with E-state index in [1.54, 1.807) is 32.2 Å². The average Bonchev–Trinajstić information content (AvgIpc) is 3.17. The summed E-state index contributed by atoms with van der Waals surface area (Å²) in [6, 6.07) is 11.0. The van der Waals surface area contributed by atoms with E-state index in [1.807, 2.05) is 26.0 Å². The lowest BCUT2D eigenvalue weighted by atomic mass is 10.0. The van der Waals surface area contributed by atoms with Crippen molar-refractivity contribution in [2.75, 3.05) is 12.4 Å². The van der Waals surface area contributed by atoms with Gasteiger partial charge in [0.2, 0.25) is 11.8 Å². The third-order valence-electron chi connectivity index (χ3n) is 5.72. The third kappa shape index (κ3) is 4.80. The van der Waals surface area contributed by atoms with Crippen molar-refractivity contribution in [1.82, 2.24) is 15.5 Å². The van der Waals surface area contributed by atoms with Crippen molar-refractivity contribution in [3.8, 4) is 0 Å². The van der Waals surface area contributed by atoms with Crippen LogP contribution < -0.4 is 16.0 Å². The van der Waals surface area contributed by atoms with Crippen molar-refractivity contribution in [3.05, 3.63) is 65.5 Å². The highest BCUT2D eigenvalue weighted by molar-refractivity contribution is 6.00. The Bertz CT molecular complexity index is 1010. The van der Waals surface area contributed by atoms with Gasteiger partial charge in [-0.15, -0.1) is 0 Å². The van der Waals surface area contributed by atoms with Crippen LogP contribution in [0, 0.1) is 11.7 Å². The van der Waals surface area contributed by atoms with Gasteiger partial charge in [0.25, 0.3) is 5.91 Å². The number of amides is 3. The minimum absolute atomic E-state index is 0.0471. The van der Waals surface area contributed by atoms with Crippen molar-refractivity contribution in [2.24, 2.45) is 5.92 Å². The van der Waals surface area contributed by atoms with E-state index in [-0.39, 0.29) is 30.0 Å². The van der Waals surface area contributed by atoms with Crippen LogP contribution in [-0.4, -0.2) is 41.8 Å². The van der Waals surface area contributed by atoms with Crippen LogP contribution in [0.15, 0.2) is 48.5 Å². The molecule has 1 heterocycles. The Kier molecular flexibility index (Phi) is 7.25. The second-order valence-electron chi connectivity index (χ2n) is 8.28. The summed E-state index contributed by atoms with van der Waals surface area (Å²) in [5.41, 5.74) is 1.57. The Morgan fingerprint density at radius 3 is 2.34 bits per heavy atom. The first-order valence-electron chi connectivity index (χ1n) is 10.7. The smallest absolute Gasteiger partial charge is 0.251 e. The first-order chi connectivity index (χ1) is 15.2. The van der Waals surface area contributed by atoms with E-state index < -0.39 is 29.8 Å². The van der Waals surface area contributed by atoms with Gasteiger partial charge in [0, 0.05) is 6.54 Å². The molecule has 3 N–H and O–H groups in total. The third-order valence-corrected chi connectivity index (χ3v) is 5.72. The van der Waals surface area contributed by atoms with Crippen molar-refractivity contribution in [1.29, 1.82) is 0 Å². The summed E-state index contributed by atoms with van der Waals surface area (Å²) in [6.45, 7) is 5.60. The molecule has 3 atom stereocenters. The number of hydrogen-bond acceptors (Lipinski definition) is 4. The van der Waals surface area contributed by atoms with Gasteiger partial charge in [0.1, 0.15) is 17.9 Å². The number of nitrogens with zero attached hydrogens (tertiary/aromatic N) is 1. The highest BCUT2D eigenvalue weighted by atomic mass is 19.1. The molecule has 0 spiro atoms. The largest absolute Gasteiger partial charge is 0.343 e. The summed E-state index contributed by atoms with van der Waals surface area (Å²) < 4.78 is 14.1. The summed E-state index contributed by atoms with van der Waals surface area (Å²) in [4.78, 5) is 40.7. The number of anilines is 1. The van der Waals surface area contributed by atoms with Crippen molar-refractivity contribution in [2.45, 2.75) is 45.4 Å². The maximum atomic E-state index is 14.1. The van der Waals surface area contributed by atoms with Crippen LogP contribution in [0.2, 0.25) is 0 Å². The molecule has 1 aliphatic heterocycles. The lowest BCUT2D eigenvalue weighted by Crippen LogP contribution is -2.55. The molecule has 2 aromatic rings. The van der Waals surface area contributed by atoms with Crippen LogP contribution in [0.3, 0.4) is 0 Å². The van der Waals surface area contributed by atoms with Crippen LogP contribution >= 0.6 is 0 Å². The zero-order valence-electron chi connectivity index (χ0n) is 18.7. The molecular formula is C24H29FN4O3. The fraction of sp³-hybridized carbons (Fsp3) is 0.375. The Balaban J connectivity index is 1.91. The molecule has 0 aliphatic carbocycles. The number of carbonyl (C=O) groups excluding carboxylic acids is 3. The number of likely N-dealkylation sites (N-methyl/N-ethyl adjacent to an activating group) is 1. The van der Waals surface area contributed by atoms with E-state index in [0.717, 1.165) is 5.56 Å². The maximum absolute atomic E-state index is 14.1. The molecule has 32 heavy (non-hydrogen) atoms. The Hall–Kier alpha value is -3.26. The topological polar surface area (TPSA) is 90.5 Å². The van der Waals surface area contributed by atoms with Crippen molar-refractivity contribution < 1.29 is 18.8 Å². The Labute approximate surface area is 187 Å². The Morgan fingerprint density at radius 1 is 1.03 bits per heavy atom. The number of nitrogens with one attached hydrogen (secondary N) is 3. The van der Waals surface area contributed by atoms with Gasteiger partial charge >= 0.3 is 0 Å². The number of benzene rings is 2. The van der Waals surface area contributed by atoms with E-state index in [9.17, 15) is 18.8 Å². The van der Waals surface area contributed by atoms with Crippen LogP contribution in [-0.2, 0) is 20.9 Å². The van der Waals surface area contributed by atoms with Crippen molar-refractivity contribution >= 4 is 23.4 Å². The lowest BCUT2D eigenvalue weighted by molar-refractivity contribution is -0.143. The van der Waals surface area contributed by atoms with E-state index in [2.05, 4.69) is 16.0 Å². The van der Waals surface area contributed by atoms with Gasteiger partial charge < -0.3 is 20.9 Å². The van der Waals surface area contributed by atoms with E-state index >= 15 is 0 Å². The molecule has 170 valence electrons. The fourth-order valence-corrected chi connectivity index (χ4v) is 3.74. The van der Waals surface area contributed by atoms with Gasteiger partial charge in [0.15, 0.2) is 0 Å². The molecule has 3 rings (SSSR count). The summed E-state index contributed by atoms with van der Waals surface area (Å²) in [5.74, 6) is -1.93. The average molecular weight is 441 g/mol. The van der Waals surface area contributed by atoms with Gasteiger partial charge in [-0.25, -0.2) is 4.39 Å². The second kappa shape index (κ2) is 9.91. The minimum Gasteiger partial charge on any atom is -0.343 e. The van der Waals surface area contributed by atoms with E-state index in [4.69, 9.17) is 0 Å². The Morgan fingerprint density at radius 2 is 1.69 bits per heavy atom. The molecule has 1 aliphatic rings. The number of para-hydroxylation sites is 1. The first-order valence-corrected chi connectivity index (χ1v) is 10.7. The normalized spacial score (nSPS) is 16.9. The molecule has 0 saturated heterocycles. The quantitative estimate of drug-likeness (QED) is 0.617. The second-order valence-corrected chi connectivity index (χ2v) is 8.28. The molecule has 8 heteroatoms. The number of hydrogen-bond donors (Lipinski definition) is 3. The standard InChI is InChI=1S/C24H29FN4O3/c1-14(2)20(28-22(30)15(3)26-4)24(32)29-13-16-9-5-6-10-17(16)21(29)23(31)27-19-12-8-7-11-18(19)25/h5-12,14-15,20-21,26H,13H2,1-4H3,(H,27,31)(H,28,30). The molecule has 7 nitrogen and oxygen atoms in total. The zero-order chi connectivity index (χ0) is 23.4. The summed E-state index contributed by atoms with van der Waals surface area (Å²) in [6.07, 6.45) is 0. The van der Waals surface area contributed by atoms with Crippen molar-refractivity contribution in [3.63, 3.8) is 0 Å². The van der Waals surface area contributed by atoms with Gasteiger partial charge in [-0.2, -0.15) is 0 Å². The zero-order valence-corrected chi connectivity index (χ0v) is 18.7. The lowest BCUT2D eigenvalue weighted by Gasteiger charge is -2.31. The van der Waals surface area contributed by atoms with Crippen LogP contribution in [0.25, 0.3) is 0 Å². The summed E-state index contributed by atoms with van der Waals surface area (Å²) >= 11 is 0. The summed E-state index contributed by atoms with van der Waals surface area (Å²) in [7, 11) is 1.66. The van der Waals surface area contributed by atoms with Gasteiger partial charge in [-0.1, -0.05) is 50.2 Å². The number of fused-ring (bicyclic) bond motifs is 1. The van der Waals surface area contributed by atoms with E-state index in [1.165, 1.54) is 23.1 Å². The van der Waals surface area contributed by atoms with Crippen LogP contribution in [0.5, 0.6) is 0 Å². The highest BCUT2D eigenvalue weighted by Gasteiger charge is 2.42. The predicted molar refractivity (Wildman–Crippen MR) is 120 cm³/mol. The highest BCUT2D eigenvalue weighted by Crippen LogP contribution is 2.35. The number of carbonyl (C=O) groups is 3. The minimum atomic E-state index is -0.932. The number of rotatable bonds is 7. The monoisotopic (exact) mass is 440 g/mol. The fourth-order valence-electron chi connectivity index (χ4n) is 3.74. The van der Waals surface area contributed by atoms with Gasteiger partial charge in [0.05, 0.1) is 11.7 Å².